The van der Waals surface area contributed by atoms with Crippen molar-refractivity contribution in [1.82, 2.24) is 8.61 Å². The summed E-state index contributed by atoms with van der Waals surface area (Å²) in [5.74, 6) is 1.44. The minimum atomic E-state index is -0.270. The maximum Gasteiger partial charge on any atom is 0.0814 e. The Bertz CT molecular complexity index is 674. The number of hydrogen-bond donors (Lipinski definition) is 0. The Balaban J connectivity index is 0.000000364. The number of ether oxygens (including phenoxy) is 1. The summed E-state index contributed by atoms with van der Waals surface area (Å²) in [5, 5.41) is 0. The van der Waals surface area contributed by atoms with Crippen LogP contribution in [0.5, 0.6) is 5.75 Å². The molecule has 0 amide bonds. The number of ketones is 1. The van der Waals surface area contributed by atoms with E-state index in [1.807, 2.05) is 59.7 Å². The fraction of sp³-hybridized carbons (Fsp3) is 0.640. The summed E-state index contributed by atoms with van der Waals surface area (Å²) >= 11 is 6.23. The zero-order chi connectivity index (χ0) is 22.6. The van der Waals surface area contributed by atoms with E-state index in [1.165, 1.54) is 38.8 Å². The molecule has 7 heteroatoms. The van der Waals surface area contributed by atoms with E-state index in [1.54, 1.807) is 0 Å². The van der Waals surface area contributed by atoms with Crippen LogP contribution in [0.3, 0.4) is 0 Å². The Morgan fingerprint density at radius 3 is 2.22 bits per heavy atom. The van der Waals surface area contributed by atoms with E-state index in [4.69, 9.17) is 4.74 Å². The summed E-state index contributed by atoms with van der Waals surface area (Å²) in [5.41, 5.74) is 1.04. The third-order valence-electron chi connectivity index (χ3n) is 6.07. The van der Waals surface area contributed by atoms with Gasteiger partial charge in [0.25, 0.3) is 0 Å². The zero-order valence-electron chi connectivity index (χ0n) is 20.4. The van der Waals surface area contributed by atoms with Crippen molar-refractivity contribution in [2.45, 2.75) is 71.1 Å². The number of nitrogens with zero attached hydrogens (tertiary/aromatic N) is 2. The van der Waals surface area contributed by atoms with Crippen molar-refractivity contribution in [3.05, 3.63) is 37.3 Å². The summed E-state index contributed by atoms with van der Waals surface area (Å²) < 4.78 is 13.0. The third-order valence-corrected chi connectivity index (χ3v) is 8.40. The first-order chi connectivity index (χ1) is 15.1. The van der Waals surface area contributed by atoms with E-state index in [0.717, 1.165) is 24.2 Å². The number of carbonyl (C=O) groups excluding carboxylic acids is 1. The van der Waals surface area contributed by atoms with Gasteiger partial charge in [-0.05, 0) is 18.9 Å². The molecule has 32 heavy (non-hydrogen) atoms. The minimum absolute atomic E-state index is 0. The van der Waals surface area contributed by atoms with Gasteiger partial charge in [-0.2, -0.15) is 0 Å². The van der Waals surface area contributed by atoms with Gasteiger partial charge in [-0.15, -0.1) is 0 Å². The zero-order valence-corrected chi connectivity index (χ0v) is 23.7. The number of carbonyl (C=O) groups is 1. The number of hydrogen-bond acceptors (Lipinski definition) is 6. The normalized spacial score (nSPS) is 18.9. The molecule has 1 saturated carbocycles. The van der Waals surface area contributed by atoms with Crippen LogP contribution in [-0.4, -0.2) is 56.9 Å². The smallest absolute Gasteiger partial charge is 0.0814 e. The van der Waals surface area contributed by atoms with Gasteiger partial charge in [0.15, 0.2) is 0 Å². The monoisotopic (exact) mass is 567 g/mol. The van der Waals surface area contributed by atoms with Gasteiger partial charge in [0.1, 0.15) is 0 Å². The van der Waals surface area contributed by atoms with E-state index >= 15 is 0 Å². The summed E-state index contributed by atoms with van der Waals surface area (Å²) in [7, 11) is 0. The Hall–Kier alpha value is -0.197. The minimum Gasteiger partial charge on any atom is -0.358 e. The van der Waals surface area contributed by atoms with Crippen molar-refractivity contribution in [1.29, 1.82) is 0 Å². The molecule has 1 saturated heterocycles. The average molecular weight is 567 g/mol. The fourth-order valence-corrected chi connectivity index (χ4v) is 6.36. The van der Waals surface area contributed by atoms with E-state index in [2.05, 4.69) is 45.9 Å². The topological polar surface area (TPSA) is 32.8 Å². The van der Waals surface area contributed by atoms with Crippen molar-refractivity contribution in [2.24, 2.45) is 5.92 Å². The van der Waals surface area contributed by atoms with Crippen LogP contribution >= 0.6 is 23.9 Å². The fourth-order valence-electron chi connectivity index (χ4n) is 4.34. The Morgan fingerprint density at radius 2 is 1.72 bits per heavy atom. The van der Waals surface area contributed by atoms with Gasteiger partial charge in [0.2, 0.25) is 0 Å². The van der Waals surface area contributed by atoms with Gasteiger partial charge in [-0.25, -0.2) is 8.61 Å². The van der Waals surface area contributed by atoms with Crippen molar-refractivity contribution in [3.8, 4) is 5.75 Å². The van der Waals surface area contributed by atoms with Crippen LogP contribution in [0, 0.1) is 13.3 Å². The molecular weight excluding hydrogens is 525 g/mol. The van der Waals surface area contributed by atoms with Crippen LogP contribution in [-0.2, 0) is 22.6 Å². The summed E-state index contributed by atoms with van der Waals surface area (Å²) in [6.45, 7) is 6.60. The Kier molecular flexibility index (Phi) is 15.3. The maximum atomic E-state index is 12.3. The molecular formula is C25H41N2O2RuS2. The van der Waals surface area contributed by atoms with Crippen molar-refractivity contribution >= 4 is 34.3 Å². The molecule has 3 rings (SSSR count). The van der Waals surface area contributed by atoms with E-state index < -0.39 is 0 Å². The van der Waals surface area contributed by atoms with Crippen LogP contribution < -0.4 is 4.74 Å². The first-order valence-corrected chi connectivity index (χ1v) is 14.8. The molecule has 183 valence electrons. The van der Waals surface area contributed by atoms with E-state index in [-0.39, 0.29) is 19.3 Å². The van der Waals surface area contributed by atoms with Crippen LogP contribution in [0.4, 0.5) is 0 Å². The van der Waals surface area contributed by atoms with Gasteiger partial charge in [-0.3, -0.25) is 0 Å². The van der Waals surface area contributed by atoms with Gasteiger partial charge in [0, 0.05) is 13.1 Å². The van der Waals surface area contributed by atoms with Gasteiger partial charge >= 0.3 is 131 Å². The van der Waals surface area contributed by atoms with Crippen LogP contribution in [0.25, 0.3) is 0 Å². The van der Waals surface area contributed by atoms with Crippen LogP contribution in [0.2, 0.25) is 0 Å². The molecule has 1 unspecified atom stereocenters. The maximum absolute atomic E-state index is 12.3. The third kappa shape index (κ3) is 8.54. The van der Waals surface area contributed by atoms with Crippen molar-refractivity contribution in [2.75, 3.05) is 25.6 Å². The predicted octanol–water partition coefficient (Wildman–Crippen LogP) is 6.04. The molecule has 0 aromatic heterocycles. The molecule has 1 atom stereocenters. The molecule has 0 N–H and O–H groups in total. The molecule has 1 heterocycles. The van der Waals surface area contributed by atoms with Crippen LogP contribution in [0.1, 0.15) is 64.4 Å². The first-order valence-electron chi connectivity index (χ1n) is 11.4. The molecule has 1 aliphatic carbocycles. The number of Topliss-reactive ketones (excluding diaryl/α,β-unsaturated/α-hetero) is 1. The second-order valence-electron chi connectivity index (χ2n) is 7.93. The van der Waals surface area contributed by atoms with Gasteiger partial charge < -0.3 is 7.43 Å². The molecule has 0 radical (unpaired) electrons. The van der Waals surface area contributed by atoms with E-state index in [9.17, 15) is 4.79 Å². The van der Waals surface area contributed by atoms with E-state index in [0.29, 0.717) is 18.5 Å². The molecule has 1 aromatic rings. The summed E-state index contributed by atoms with van der Waals surface area (Å²) in [6, 6.07) is 7.92. The molecule has 4 nitrogen and oxygen atoms in total. The average Bonchev–Trinajstić information content (AvgIpc) is 3.25. The first kappa shape index (κ1) is 29.8. The summed E-state index contributed by atoms with van der Waals surface area (Å²) in [4.78, 5) is 12.3. The molecule has 0 bridgehead atoms. The van der Waals surface area contributed by atoms with Gasteiger partial charge in [-0.1, -0.05) is 30.8 Å². The van der Waals surface area contributed by atoms with Crippen LogP contribution in [0.15, 0.2) is 24.3 Å². The second kappa shape index (κ2) is 16.4. The second-order valence-corrected chi connectivity index (χ2v) is 10.1. The molecule has 0 spiro atoms. The number of rotatable bonds is 9. The largest absolute Gasteiger partial charge is 0.358 e. The van der Waals surface area contributed by atoms with Gasteiger partial charge in [0.05, 0.1) is 6.17 Å². The molecule has 2 aliphatic rings. The molecule has 2 fully saturated rings. The SMILES string of the molecule is CCC(=O)C(Oc1ccccc1[CH]=[Ru+])C1CCCCC1.CCC1N(SC)CCN1SC.[CH3-]. The Labute approximate surface area is 215 Å². The number of para-hydroxylation sites is 1. The quantitative estimate of drug-likeness (QED) is 0.206. The summed E-state index contributed by atoms with van der Waals surface area (Å²) in [6.07, 6.45) is 12.4. The molecule has 1 aromatic carbocycles. The van der Waals surface area contributed by atoms with Crippen molar-refractivity contribution < 1.29 is 27.4 Å². The van der Waals surface area contributed by atoms with Crippen molar-refractivity contribution in [3.63, 3.8) is 0 Å². The standard InChI is InChI=1S/C17H22O2.C7H16N2S2.CH3.Ru/c1-3-15(18)17(14-10-5-4-6-11-14)19-16-12-8-7-9-13(16)2;1-4-7-8(10-2)5-6-9(7)11-3;;/h2,7-9,12,14,17H,3-6,10-11H2,1H3;7H,4-6H2,1-3H3;1H3;/q;;-1;+1. The number of benzene rings is 1. The molecule has 1 aliphatic heterocycles. The Morgan fingerprint density at radius 1 is 1.12 bits per heavy atom. The predicted molar refractivity (Wildman–Crippen MR) is 139 cm³/mol.